The van der Waals surface area contributed by atoms with Crippen molar-refractivity contribution in [3.05, 3.63) is 46.1 Å². The molecule has 0 aromatic carbocycles. The Bertz CT molecular complexity index is 588. The van der Waals surface area contributed by atoms with Crippen molar-refractivity contribution in [3.8, 4) is 0 Å². The van der Waals surface area contributed by atoms with Crippen LogP contribution in [0.1, 0.15) is 6.92 Å². The smallest absolute Gasteiger partial charge is 0.312 e. The molecule has 0 saturated heterocycles. The number of nitrogens with zero attached hydrogens (tertiary/aromatic N) is 4. The van der Waals surface area contributed by atoms with Crippen molar-refractivity contribution in [2.75, 3.05) is 11.9 Å². The number of anilines is 1. The van der Waals surface area contributed by atoms with Crippen molar-refractivity contribution in [3.63, 3.8) is 0 Å². The van der Waals surface area contributed by atoms with Crippen molar-refractivity contribution >= 4 is 23.1 Å². The van der Waals surface area contributed by atoms with E-state index in [1.807, 2.05) is 17.7 Å². The summed E-state index contributed by atoms with van der Waals surface area (Å²) in [7, 11) is 0. The van der Waals surface area contributed by atoms with Crippen LogP contribution in [-0.4, -0.2) is 26.0 Å². The summed E-state index contributed by atoms with van der Waals surface area (Å²) in [6.45, 7) is 3.37. The van der Waals surface area contributed by atoms with E-state index in [-0.39, 0.29) is 22.4 Å². The van der Waals surface area contributed by atoms with Crippen molar-refractivity contribution < 1.29 is 4.92 Å². The zero-order chi connectivity index (χ0) is 14.5. The van der Waals surface area contributed by atoms with Crippen LogP contribution in [0, 0.1) is 16.0 Å². The lowest BCUT2D eigenvalue weighted by Crippen LogP contribution is -2.17. The maximum atomic E-state index is 10.9. The molecule has 2 aromatic rings. The predicted molar refractivity (Wildman–Crippen MR) is 75.8 cm³/mol. The zero-order valence-electron chi connectivity index (χ0n) is 10.9. The molecule has 0 spiro atoms. The summed E-state index contributed by atoms with van der Waals surface area (Å²) in [6.07, 6.45) is 6.71. The molecule has 0 bridgehead atoms. The van der Waals surface area contributed by atoms with Gasteiger partial charge in [0.25, 0.3) is 0 Å². The molecule has 2 rings (SSSR count). The number of aromatic nitrogens is 3. The third kappa shape index (κ3) is 3.67. The lowest BCUT2D eigenvalue weighted by Gasteiger charge is -2.13. The Morgan fingerprint density at radius 3 is 3.05 bits per heavy atom. The second-order valence-electron chi connectivity index (χ2n) is 4.52. The Labute approximate surface area is 120 Å². The quantitative estimate of drug-likeness (QED) is 0.654. The monoisotopic (exact) mass is 295 g/mol. The summed E-state index contributed by atoms with van der Waals surface area (Å²) in [5, 5.41) is 14.2. The molecule has 1 atom stereocenters. The van der Waals surface area contributed by atoms with E-state index in [0.717, 1.165) is 6.54 Å². The van der Waals surface area contributed by atoms with Crippen molar-refractivity contribution in [2.45, 2.75) is 13.5 Å². The maximum absolute atomic E-state index is 10.9. The molecule has 20 heavy (non-hydrogen) atoms. The van der Waals surface area contributed by atoms with Crippen LogP contribution in [-0.2, 0) is 6.54 Å². The van der Waals surface area contributed by atoms with Crippen LogP contribution in [0.2, 0.25) is 5.02 Å². The van der Waals surface area contributed by atoms with Gasteiger partial charge in [-0.05, 0) is 5.92 Å². The van der Waals surface area contributed by atoms with Crippen LogP contribution in [0.3, 0.4) is 0 Å². The van der Waals surface area contributed by atoms with Gasteiger partial charge < -0.3 is 9.88 Å². The number of nitrogens with one attached hydrogen (secondary N) is 1. The number of nitro groups is 1. The minimum atomic E-state index is -0.498. The molecule has 0 fully saturated rings. The largest absolute Gasteiger partial charge is 0.364 e. The van der Waals surface area contributed by atoms with E-state index < -0.39 is 4.92 Å². The summed E-state index contributed by atoms with van der Waals surface area (Å²) in [5.74, 6) is 0.498. The number of halogens is 1. The Balaban J connectivity index is 1.98. The lowest BCUT2D eigenvalue weighted by molar-refractivity contribution is -0.384. The average molecular weight is 296 g/mol. The van der Waals surface area contributed by atoms with E-state index >= 15 is 0 Å². The highest BCUT2D eigenvalue weighted by Crippen LogP contribution is 2.25. The summed E-state index contributed by atoms with van der Waals surface area (Å²) in [6, 6.07) is 1.29. The minimum Gasteiger partial charge on any atom is -0.364 e. The third-order valence-corrected chi connectivity index (χ3v) is 2.94. The Hall–Kier alpha value is -2.15. The first-order valence-electron chi connectivity index (χ1n) is 6.06. The van der Waals surface area contributed by atoms with Gasteiger partial charge >= 0.3 is 5.69 Å². The lowest BCUT2D eigenvalue weighted by atomic mass is 10.2. The molecule has 7 nitrogen and oxygen atoms in total. The normalized spacial score (nSPS) is 12.1. The highest BCUT2D eigenvalue weighted by atomic mass is 35.5. The number of rotatable bonds is 6. The average Bonchev–Trinajstić information content (AvgIpc) is 2.90. The van der Waals surface area contributed by atoms with Crippen LogP contribution in [0.4, 0.5) is 11.5 Å². The predicted octanol–water partition coefficient (Wildman–Crippen LogP) is 2.59. The molecular formula is C12H14ClN5O2. The number of pyridine rings is 1. The summed E-state index contributed by atoms with van der Waals surface area (Å²) >= 11 is 5.71. The summed E-state index contributed by atoms with van der Waals surface area (Å²) in [4.78, 5) is 18.4. The van der Waals surface area contributed by atoms with Gasteiger partial charge in [0.2, 0.25) is 5.82 Å². The van der Waals surface area contributed by atoms with Crippen LogP contribution < -0.4 is 5.32 Å². The van der Waals surface area contributed by atoms with Crippen LogP contribution in [0.5, 0.6) is 0 Å². The molecule has 0 aliphatic rings. The topological polar surface area (TPSA) is 85.9 Å². The Morgan fingerprint density at radius 2 is 2.40 bits per heavy atom. The number of hydrogen-bond acceptors (Lipinski definition) is 5. The molecule has 8 heteroatoms. The second-order valence-corrected chi connectivity index (χ2v) is 4.96. The van der Waals surface area contributed by atoms with Gasteiger partial charge in [-0.2, -0.15) is 0 Å². The van der Waals surface area contributed by atoms with Gasteiger partial charge in [-0.15, -0.1) is 0 Å². The summed E-state index contributed by atoms with van der Waals surface area (Å²) < 4.78 is 1.95. The van der Waals surface area contributed by atoms with E-state index in [4.69, 9.17) is 11.6 Å². The first-order chi connectivity index (χ1) is 9.56. The highest BCUT2D eigenvalue weighted by molar-refractivity contribution is 6.30. The van der Waals surface area contributed by atoms with Gasteiger partial charge in [-0.3, -0.25) is 10.1 Å². The molecule has 2 heterocycles. The molecule has 0 aliphatic heterocycles. The van der Waals surface area contributed by atoms with Gasteiger partial charge in [0.1, 0.15) is 0 Å². The van der Waals surface area contributed by atoms with Gasteiger partial charge in [-0.25, -0.2) is 9.97 Å². The third-order valence-electron chi connectivity index (χ3n) is 2.73. The van der Waals surface area contributed by atoms with Crippen LogP contribution in [0.15, 0.2) is 31.0 Å². The standard InChI is InChI=1S/C12H14ClN5O2/c1-9(7-17-3-2-14-8-17)5-15-12-11(18(19)20)4-10(13)6-16-12/h2-4,6,8-9H,5,7H2,1H3,(H,15,16)/t9-/m1/s1. The fraction of sp³-hybridized carbons (Fsp3) is 0.333. The molecule has 0 unspecified atom stereocenters. The SMILES string of the molecule is C[C@H](CNc1ncc(Cl)cc1[N+](=O)[O-])Cn1ccnc1. The second kappa shape index (κ2) is 6.33. The fourth-order valence-corrected chi connectivity index (χ4v) is 1.95. The number of hydrogen-bond donors (Lipinski definition) is 1. The Kier molecular flexibility index (Phi) is 4.52. The van der Waals surface area contributed by atoms with Gasteiger partial charge in [-0.1, -0.05) is 18.5 Å². The molecular weight excluding hydrogens is 282 g/mol. The molecule has 0 aliphatic carbocycles. The minimum absolute atomic E-state index is 0.118. The van der Waals surface area contributed by atoms with E-state index in [2.05, 4.69) is 15.3 Å². The first-order valence-corrected chi connectivity index (χ1v) is 6.43. The van der Waals surface area contributed by atoms with Gasteiger partial charge in [0.15, 0.2) is 0 Å². The van der Waals surface area contributed by atoms with Gasteiger partial charge in [0.05, 0.1) is 16.3 Å². The van der Waals surface area contributed by atoms with E-state index in [0.29, 0.717) is 6.54 Å². The highest BCUT2D eigenvalue weighted by Gasteiger charge is 2.16. The molecule has 2 aromatic heterocycles. The van der Waals surface area contributed by atoms with E-state index in [9.17, 15) is 10.1 Å². The van der Waals surface area contributed by atoms with Crippen LogP contribution in [0.25, 0.3) is 0 Å². The first kappa shape index (κ1) is 14.3. The van der Waals surface area contributed by atoms with Crippen molar-refractivity contribution in [1.29, 1.82) is 0 Å². The molecule has 1 N–H and O–H groups in total. The zero-order valence-corrected chi connectivity index (χ0v) is 11.6. The molecule has 0 radical (unpaired) electrons. The van der Waals surface area contributed by atoms with Crippen LogP contribution >= 0.6 is 11.6 Å². The van der Waals surface area contributed by atoms with E-state index in [1.54, 1.807) is 12.5 Å². The molecule has 0 amide bonds. The van der Waals surface area contributed by atoms with Crippen molar-refractivity contribution in [1.82, 2.24) is 14.5 Å². The molecule has 0 saturated carbocycles. The summed E-state index contributed by atoms with van der Waals surface area (Å²) in [5.41, 5.74) is -0.118. The molecule has 106 valence electrons. The Morgan fingerprint density at radius 1 is 1.60 bits per heavy atom. The fourth-order valence-electron chi connectivity index (χ4n) is 1.79. The number of imidazole rings is 1. The van der Waals surface area contributed by atoms with Crippen molar-refractivity contribution in [2.24, 2.45) is 5.92 Å². The maximum Gasteiger partial charge on any atom is 0.312 e. The van der Waals surface area contributed by atoms with Gasteiger partial charge in [0, 0.05) is 37.7 Å². The van der Waals surface area contributed by atoms with E-state index in [1.165, 1.54) is 12.3 Å².